The molecule has 0 radical (unpaired) electrons. The van der Waals surface area contributed by atoms with E-state index >= 15 is 0 Å². The summed E-state index contributed by atoms with van der Waals surface area (Å²) in [6, 6.07) is 7.61. The number of amides is 2. The van der Waals surface area contributed by atoms with Gasteiger partial charge in [0.25, 0.3) is 0 Å². The van der Waals surface area contributed by atoms with Crippen LogP contribution in [0.5, 0.6) is 0 Å². The fraction of sp³-hybridized carbons (Fsp3) is 0.412. The van der Waals surface area contributed by atoms with E-state index in [4.69, 9.17) is 0 Å². The van der Waals surface area contributed by atoms with Crippen molar-refractivity contribution in [3.63, 3.8) is 0 Å². The minimum Gasteiger partial charge on any atom is -0.378 e. The van der Waals surface area contributed by atoms with Gasteiger partial charge in [-0.3, -0.25) is 14.5 Å². The Balaban J connectivity index is 1.68. The van der Waals surface area contributed by atoms with Crippen molar-refractivity contribution in [2.24, 2.45) is 23.7 Å². The van der Waals surface area contributed by atoms with Crippen molar-refractivity contribution < 1.29 is 9.59 Å². The number of fused-ring (bicyclic) bond motifs is 5. The van der Waals surface area contributed by atoms with Crippen LogP contribution in [0.1, 0.15) is 6.42 Å². The van der Waals surface area contributed by atoms with Gasteiger partial charge in [0.2, 0.25) is 11.8 Å². The standard InChI is InChI=1S/C17H18N2O2/c1-18(2)12-5-7-13(8-6-12)19-16(20)14-10-3-4-11(9-10)15(14)17(19)21/h3-8,10-11,14-15H,9H2,1-2H3/t10-,11+,14-,15-/m0/s1. The van der Waals surface area contributed by atoms with E-state index < -0.39 is 0 Å². The number of carbonyl (C=O) groups is 2. The van der Waals surface area contributed by atoms with Crippen molar-refractivity contribution in [2.45, 2.75) is 6.42 Å². The number of hydrogen-bond donors (Lipinski definition) is 0. The summed E-state index contributed by atoms with van der Waals surface area (Å²) in [5, 5.41) is 0. The van der Waals surface area contributed by atoms with Gasteiger partial charge >= 0.3 is 0 Å². The molecule has 1 saturated carbocycles. The fourth-order valence-electron chi connectivity index (χ4n) is 4.06. The van der Waals surface area contributed by atoms with Crippen LogP contribution in [0, 0.1) is 23.7 Å². The van der Waals surface area contributed by atoms with Crippen LogP contribution in [0.15, 0.2) is 36.4 Å². The third-order valence-electron chi connectivity index (χ3n) is 5.09. The van der Waals surface area contributed by atoms with E-state index in [1.54, 1.807) is 0 Å². The summed E-state index contributed by atoms with van der Waals surface area (Å²) in [5.74, 6) is 0.256. The lowest BCUT2D eigenvalue weighted by Crippen LogP contribution is -2.32. The lowest BCUT2D eigenvalue weighted by molar-refractivity contribution is -0.123. The van der Waals surface area contributed by atoms with Crippen LogP contribution in [0.25, 0.3) is 0 Å². The molecular formula is C17H18N2O2. The number of rotatable bonds is 2. The summed E-state index contributed by atoms with van der Waals surface area (Å²) in [5.41, 5.74) is 1.75. The minimum absolute atomic E-state index is 0.0144. The summed E-state index contributed by atoms with van der Waals surface area (Å²) >= 11 is 0. The second-order valence-corrected chi connectivity index (χ2v) is 6.42. The molecule has 4 heteroatoms. The molecule has 21 heavy (non-hydrogen) atoms. The molecule has 1 aromatic rings. The SMILES string of the molecule is CN(C)c1ccc(N2C(=O)[C@@H]3[C@@H](C2=O)[C@H]2C=C[C@@H]3C2)cc1. The zero-order chi connectivity index (χ0) is 14.7. The predicted molar refractivity (Wildman–Crippen MR) is 81.0 cm³/mol. The molecule has 2 amide bonds. The van der Waals surface area contributed by atoms with Crippen molar-refractivity contribution in [2.75, 3.05) is 23.9 Å². The molecule has 2 bridgehead atoms. The Bertz CT molecular complexity index is 617. The maximum absolute atomic E-state index is 12.7. The molecule has 0 aromatic heterocycles. The van der Waals surface area contributed by atoms with E-state index in [1.165, 1.54) is 4.90 Å². The predicted octanol–water partition coefficient (Wildman–Crippen LogP) is 2.06. The van der Waals surface area contributed by atoms with E-state index in [0.29, 0.717) is 5.69 Å². The Morgan fingerprint density at radius 1 is 0.952 bits per heavy atom. The number of anilines is 2. The maximum atomic E-state index is 12.7. The molecule has 2 fully saturated rings. The van der Waals surface area contributed by atoms with Crippen LogP contribution in [0.3, 0.4) is 0 Å². The Hall–Kier alpha value is -2.10. The monoisotopic (exact) mass is 282 g/mol. The highest BCUT2D eigenvalue weighted by Crippen LogP contribution is 2.53. The quantitative estimate of drug-likeness (QED) is 0.616. The third-order valence-corrected chi connectivity index (χ3v) is 5.09. The van der Waals surface area contributed by atoms with Crippen molar-refractivity contribution >= 4 is 23.2 Å². The van der Waals surface area contributed by atoms with Gasteiger partial charge in [0, 0.05) is 19.8 Å². The van der Waals surface area contributed by atoms with Gasteiger partial charge in [-0.2, -0.15) is 0 Å². The Kier molecular flexibility index (Phi) is 2.52. The fourth-order valence-corrected chi connectivity index (χ4v) is 4.06. The van der Waals surface area contributed by atoms with Gasteiger partial charge in [0.05, 0.1) is 17.5 Å². The number of nitrogens with zero attached hydrogens (tertiary/aromatic N) is 2. The van der Waals surface area contributed by atoms with Crippen LogP contribution in [0.2, 0.25) is 0 Å². The van der Waals surface area contributed by atoms with Crippen LogP contribution < -0.4 is 9.80 Å². The molecule has 108 valence electrons. The smallest absolute Gasteiger partial charge is 0.238 e. The lowest BCUT2D eigenvalue weighted by atomic mass is 9.85. The van der Waals surface area contributed by atoms with Crippen molar-refractivity contribution in [1.82, 2.24) is 0 Å². The highest BCUT2D eigenvalue weighted by Gasteiger charge is 2.59. The lowest BCUT2D eigenvalue weighted by Gasteiger charge is -2.19. The highest BCUT2D eigenvalue weighted by atomic mass is 16.2. The van der Waals surface area contributed by atoms with E-state index in [-0.39, 0.29) is 35.5 Å². The minimum atomic E-state index is -0.124. The first-order valence-corrected chi connectivity index (χ1v) is 7.41. The van der Waals surface area contributed by atoms with E-state index in [0.717, 1.165) is 12.1 Å². The molecule has 0 spiro atoms. The topological polar surface area (TPSA) is 40.6 Å². The number of carbonyl (C=O) groups excluding carboxylic acids is 2. The zero-order valence-electron chi connectivity index (χ0n) is 12.2. The molecule has 4 nitrogen and oxygen atoms in total. The number of hydrogen-bond acceptors (Lipinski definition) is 3. The van der Waals surface area contributed by atoms with Gasteiger partial charge in [-0.05, 0) is 42.5 Å². The van der Waals surface area contributed by atoms with Crippen LogP contribution >= 0.6 is 0 Å². The highest BCUT2D eigenvalue weighted by molar-refractivity contribution is 6.22. The molecule has 1 saturated heterocycles. The van der Waals surface area contributed by atoms with E-state index in [2.05, 4.69) is 12.2 Å². The second-order valence-electron chi connectivity index (χ2n) is 6.42. The first kappa shape index (κ1) is 12.6. The largest absolute Gasteiger partial charge is 0.378 e. The Morgan fingerprint density at radius 3 is 1.95 bits per heavy atom. The molecule has 1 aliphatic heterocycles. The van der Waals surface area contributed by atoms with Gasteiger partial charge in [-0.1, -0.05) is 12.2 Å². The molecule has 2 aliphatic carbocycles. The first-order chi connectivity index (χ1) is 10.1. The van der Waals surface area contributed by atoms with Crippen LogP contribution in [-0.2, 0) is 9.59 Å². The van der Waals surface area contributed by atoms with Gasteiger partial charge < -0.3 is 4.90 Å². The van der Waals surface area contributed by atoms with Gasteiger partial charge in [-0.15, -0.1) is 0 Å². The van der Waals surface area contributed by atoms with Crippen molar-refractivity contribution in [1.29, 1.82) is 0 Å². The molecule has 0 unspecified atom stereocenters. The van der Waals surface area contributed by atoms with Gasteiger partial charge in [0.15, 0.2) is 0 Å². The average molecular weight is 282 g/mol. The summed E-state index contributed by atoms with van der Waals surface area (Å²) in [4.78, 5) is 28.7. The summed E-state index contributed by atoms with van der Waals surface area (Å²) in [7, 11) is 3.93. The number of allylic oxidation sites excluding steroid dienone is 2. The molecule has 0 N–H and O–H groups in total. The second kappa shape index (κ2) is 4.20. The molecule has 3 aliphatic rings. The van der Waals surface area contributed by atoms with Crippen molar-refractivity contribution in [3.8, 4) is 0 Å². The maximum Gasteiger partial charge on any atom is 0.238 e. The normalized spacial score (nSPS) is 33.0. The first-order valence-electron chi connectivity index (χ1n) is 7.41. The molecule has 1 aromatic carbocycles. The number of benzene rings is 1. The summed E-state index contributed by atoms with van der Waals surface area (Å²) < 4.78 is 0. The molecule has 1 heterocycles. The van der Waals surface area contributed by atoms with Crippen LogP contribution in [0.4, 0.5) is 11.4 Å². The average Bonchev–Trinajstić information content (AvgIpc) is 3.13. The van der Waals surface area contributed by atoms with Gasteiger partial charge in [-0.25, -0.2) is 0 Å². The molecule has 4 rings (SSSR count). The van der Waals surface area contributed by atoms with Crippen molar-refractivity contribution in [3.05, 3.63) is 36.4 Å². The Labute approximate surface area is 124 Å². The zero-order valence-corrected chi connectivity index (χ0v) is 12.2. The number of imide groups is 1. The molecular weight excluding hydrogens is 264 g/mol. The third kappa shape index (κ3) is 1.62. The van der Waals surface area contributed by atoms with E-state index in [1.807, 2.05) is 43.3 Å². The summed E-state index contributed by atoms with van der Waals surface area (Å²) in [6.07, 6.45) is 5.21. The van der Waals surface area contributed by atoms with Gasteiger partial charge in [0.1, 0.15) is 0 Å². The Morgan fingerprint density at radius 2 is 1.48 bits per heavy atom. The summed E-state index contributed by atoms with van der Waals surface area (Å²) in [6.45, 7) is 0. The van der Waals surface area contributed by atoms with E-state index in [9.17, 15) is 9.59 Å². The molecule has 4 atom stereocenters. The van der Waals surface area contributed by atoms with Crippen LogP contribution in [-0.4, -0.2) is 25.9 Å².